The van der Waals surface area contributed by atoms with Gasteiger partial charge in [-0.2, -0.15) is 0 Å². The average molecular weight is 249 g/mol. The molecule has 0 spiro atoms. The molecule has 0 aliphatic carbocycles. The van der Waals surface area contributed by atoms with E-state index in [9.17, 15) is 4.39 Å². The maximum atomic E-state index is 13.7. The summed E-state index contributed by atoms with van der Waals surface area (Å²) in [4.78, 5) is 0. The molecule has 0 aromatic carbocycles. The van der Waals surface area contributed by atoms with Crippen molar-refractivity contribution in [1.29, 1.82) is 0 Å². The third kappa shape index (κ3) is 3.95. The molecule has 18 heavy (non-hydrogen) atoms. The van der Waals surface area contributed by atoms with Gasteiger partial charge in [0.15, 0.2) is 0 Å². The Morgan fingerprint density at radius 2 is 2.28 bits per heavy atom. The van der Waals surface area contributed by atoms with Crippen molar-refractivity contribution in [2.75, 3.05) is 0 Å². The van der Waals surface area contributed by atoms with Gasteiger partial charge < -0.3 is 0 Å². The molecule has 0 amide bonds. The minimum Gasteiger partial charge on any atom is -0.215 e. The van der Waals surface area contributed by atoms with Gasteiger partial charge in [-0.1, -0.05) is 43.7 Å². The Bertz CT molecular complexity index is 444. The molecule has 4 heteroatoms. The summed E-state index contributed by atoms with van der Waals surface area (Å²) >= 11 is 0. The van der Waals surface area contributed by atoms with E-state index in [4.69, 9.17) is 0 Å². The van der Waals surface area contributed by atoms with Gasteiger partial charge in [0.25, 0.3) is 0 Å². The highest BCUT2D eigenvalue weighted by molar-refractivity contribution is 5.59. The van der Waals surface area contributed by atoms with Gasteiger partial charge in [-0.25, -0.2) is 9.07 Å². The Kier molecular flexibility index (Phi) is 6.05. The largest absolute Gasteiger partial charge is 0.215 e. The van der Waals surface area contributed by atoms with Crippen LogP contribution in [0.15, 0.2) is 36.8 Å². The molecular weight excluding hydrogens is 229 g/mol. The van der Waals surface area contributed by atoms with Crippen molar-refractivity contribution >= 4 is 5.70 Å². The zero-order valence-electron chi connectivity index (χ0n) is 11.1. The number of hydrogen-bond acceptors (Lipinski definition) is 2. The maximum Gasteiger partial charge on any atom is 0.148 e. The third-order valence-corrected chi connectivity index (χ3v) is 2.62. The molecule has 0 saturated carbocycles. The fourth-order valence-electron chi connectivity index (χ4n) is 1.59. The van der Waals surface area contributed by atoms with E-state index in [2.05, 4.69) is 23.8 Å². The lowest BCUT2D eigenvalue weighted by Crippen LogP contribution is -2.04. The minimum absolute atomic E-state index is 0.233. The smallest absolute Gasteiger partial charge is 0.148 e. The van der Waals surface area contributed by atoms with Crippen LogP contribution in [0.5, 0.6) is 0 Å². The molecule has 1 aromatic rings. The molecule has 0 unspecified atom stereocenters. The van der Waals surface area contributed by atoms with Gasteiger partial charge in [-0.15, -0.1) is 5.10 Å². The first kappa shape index (κ1) is 14.4. The molecule has 98 valence electrons. The topological polar surface area (TPSA) is 30.7 Å². The second kappa shape index (κ2) is 7.58. The summed E-state index contributed by atoms with van der Waals surface area (Å²) in [6, 6.07) is 0. The molecule has 0 aliphatic rings. The predicted octanol–water partition coefficient (Wildman–Crippen LogP) is 3.91. The molecule has 0 bridgehead atoms. The van der Waals surface area contributed by atoms with Gasteiger partial charge in [-0.05, 0) is 25.8 Å². The zero-order chi connectivity index (χ0) is 13.4. The number of hydrogen-bond donors (Lipinski definition) is 0. The highest BCUT2D eigenvalue weighted by atomic mass is 19.1. The number of halogens is 1. The van der Waals surface area contributed by atoms with Gasteiger partial charge in [0.2, 0.25) is 0 Å². The lowest BCUT2D eigenvalue weighted by Gasteiger charge is -2.06. The van der Waals surface area contributed by atoms with Crippen LogP contribution < -0.4 is 0 Å². The molecule has 1 heterocycles. The van der Waals surface area contributed by atoms with Crippen LogP contribution in [0.25, 0.3) is 5.70 Å². The Morgan fingerprint density at radius 1 is 1.50 bits per heavy atom. The summed E-state index contributed by atoms with van der Waals surface area (Å²) < 4.78 is 15.2. The van der Waals surface area contributed by atoms with Gasteiger partial charge in [-0.3, -0.25) is 0 Å². The maximum absolute atomic E-state index is 13.7. The van der Waals surface area contributed by atoms with Crippen LogP contribution in [0, 0.1) is 0 Å². The molecule has 0 aliphatic heterocycles. The minimum atomic E-state index is -0.393. The summed E-state index contributed by atoms with van der Waals surface area (Å²) in [5.41, 5.74) is 1.13. The van der Waals surface area contributed by atoms with E-state index >= 15 is 0 Å². The molecule has 0 atom stereocenters. The monoisotopic (exact) mass is 249 g/mol. The van der Waals surface area contributed by atoms with Gasteiger partial charge in [0.05, 0.1) is 17.6 Å². The van der Waals surface area contributed by atoms with Crippen molar-refractivity contribution in [1.82, 2.24) is 15.0 Å². The highest BCUT2D eigenvalue weighted by Crippen LogP contribution is 2.17. The van der Waals surface area contributed by atoms with Gasteiger partial charge >= 0.3 is 0 Å². The standard InChI is InChI=1S/C14H20FN3/c1-4-6-8-9-13-11-16-17-18(13)12(3)14(15)10-7-5-2/h5,7,10-11H,3-4,6,8-9H2,1-2H3/b7-5-,14-10+. The first-order valence-corrected chi connectivity index (χ1v) is 6.28. The fraction of sp³-hybridized carbons (Fsp3) is 0.429. The van der Waals surface area contributed by atoms with E-state index in [-0.39, 0.29) is 5.70 Å². The normalized spacial score (nSPS) is 12.3. The van der Waals surface area contributed by atoms with Crippen molar-refractivity contribution in [3.8, 4) is 0 Å². The quantitative estimate of drug-likeness (QED) is 0.542. The summed E-state index contributed by atoms with van der Waals surface area (Å²) in [7, 11) is 0. The summed E-state index contributed by atoms with van der Waals surface area (Å²) in [5, 5.41) is 7.71. The molecule has 0 radical (unpaired) electrons. The zero-order valence-corrected chi connectivity index (χ0v) is 11.1. The van der Waals surface area contributed by atoms with E-state index in [1.807, 2.05) is 6.92 Å². The van der Waals surface area contributed by atoms with Crippen molar-refractivity contribution in [2.24, 2.45) is 0 Å². The number of aryl methyl sites for hydroxylation is 1. The Hall–Kier alpha value is -1.71. The van der Waals surface area contributed by atoms with Crippen LogP contribution in [0.1, 0.15) is 38.8 Å². The van der Waals surface area contributed by atoms with E-state index in [1.165, 1.54) is 10.8 Å². The fourth-order valence-corrected chi connectivity index (χ4v) is 1.59. The number of unbranched alkanes of at least 4 members (excludes halogenated alkanes) is 2. The first-order chi connectivity index (χ1) is 8.70. The molecule has 0 N–H and O–H groups in total. The van der Waals surface area contributed by atoms with Crippen LogP contribution in [-0.4, -0.2) is 15.0 Å². The van der Waals surface area contributed by atoms with Gasteiger partial charge in [0, 0.05) is 0 Å². The average Bonchev–Trinajstić information content (AvgIpc) is 2.83. The molecule has 1 aromatic heterocycles. The number of rotatable bonds is 7. The Labute approximate surface area is 108 Å². The van der Waals surface area contributed by atoms with Crippen LogP contribution in [-0.2, 0) is 6.42 Å². The van der Waals surface area contributed by atoms with E-state index in [0.717, 1.165) is 31.4 Å². The van der Waals surface area contributed by atoms with Gasteiger partial charge in [0.1, 0.15) is 5.83 Å². The molecule has 0 saturated heterocycles. The highest BCUT2D eigenvalue weighted by Gasteiger charge is 2.10. The predicted molar refractivity (Wildman–Crippen MR) is 72.6 cm³/mol. The summed E-state index contributed by atoms with van der Waals surface area (Å²) in [6.07, 6.45) is 10.6. The van der Waals surface area contributed by atoms with E-state index in [0.29, 0.717) is 0 Å². The second-order valence-corrected chi connectivity index (χ2v) is 4.08. The Balaban J connectivity index is 2.77. The van der Waals surface area contributed by atoms with E-state index < -0.39 is 5.83 Å². The molecule has 0 fully saturated rings. The second-order valence-electron chi connectivity index (χ2n) is 4.08. The van der Waals surface area contributed by atoms with Crippen molar-refractivity contribution in [3.05, 3.63) is 42.5 Å². The summed E-state index contributed by atoms with van der Waals surface area (Å²) in [5.74, 6) is -0.393. The number of allylic oxidation sites excluding steroid dienone is 5. The van der Waals surface area contributed by atoms with Crippen molar-refractivity contribution in [3.63, 3.8) is 0 Å². The lowest BCUT2D eigenvalue weighted by molar-refractivity contribution is 0.635. The van der Waals surface area contributed by atoms with E-state index in [1.54, 1.807) is 18.3 Å². The molecular formula is C14H20FN3. The number of nitrogens with zero attached hydrogens (tertiary/aromatic N) is 3. The van der Waals surface area contributed by atoms with Crippen LogP contribution in [0.2, 0.25) is 0 Å². The van der Waals surface area contributed by atoms with Crippen molar-refractivity contribution < 1.29 is 4.39 Å². The third-order valence-electron chi connectivity index (χ3n) is 2.62. The molecule has 1 rings (SSSR count). The first-order valence-electron chi connectivity index (χ1n) is 6.28. The lowest BCUT2D eigenvalue weighted by atomic mass is 10.1. The molecule has 3 nitrogen and oxygen atoms in total. The summed E-state index contributed by atoms with van der Waals surface area (Å²) in [6.45, 7) is 7.70. The van der Waals surface area contributed by atoms with Crippen molar-refractivity contribution in [2.45, 2.75) is 39.5 Å². The Morgan fingerprint density at radius 3 is 2.94 bits per heavy atom. The van der Waals surface area contributed by atoms with Crippen LogP contribution in [0.3, 0.4) is 0 Å². The van der Waals surface area contributed by atoms with Crippen LogP contribution >= 0.6 is 0 Å². The SMILES string of the molecule is C=C(/C(F)=C\C=C/C)n1nncc1CCCCC. The number of aromatic nitrogens is 3. The van der Waals surface area contributed by atoms with Crippen LogP contribution in [0.4, 0.5) is 4.39 Å².